The second kappa shape index (κ2) is 8.99. The van der Waals surface area contributed by atoms with Gasteiger partial charge in [-0.05, 0) is 43.6 Å². The third-order valence-corrected chi connectivity index (χ3v) is 4.92. The third kappa shape index (κ3) is 3.83. The van der Waals surface area contributed by atoms with Crippen LogP contribution in [0.5, 0.6) is 0 Å². The first-order valence-electron chi connectivity index (χ1n) is 9.39. The Morgan fingerprint density at radius 1 is 1.00 bits per heavy atom. The van der Waals surface area contributed by atoms with Gasteiger partial charge in [0.25, 0.3) is 0 Å². The zero-order valence-electron chi connectivity index (χ0n) is 16.2. The summed E-state index contributed by atoms with van der Waals surface area (Å²) in [5, 5.41) is 0. The van der Waals surface area contributed by atoms with E-state index in [0.717, 1.165) is 29.8 Å². The molecule has 0 saturated carbocycles. The molecule has 5 heteroatoms. The molecule has 0 N–H and O–H groups in total. The molecule has 0 radical (unpaired) electrons. The van der Waals surface area contributed by atoms with Crippen LogP contribution < -0.4 is 0 Å². The normalized spacial score (nSPS) is 15.2. The summed E-state index contributed by atoms with van der Waals surface area (Å²) in [5.74, 6) is -1.04. The molecule has 0 unspecified atom stereocenters. The second-order valence-corrected chi connectivity index (χ2v) is 6.35. The minimum atomic E-state index is -1.41. The first kappa shape index (κ1) is 20.2. The molecule has 0 bridgehead atoms. The zero-order valence-corrected chi connectivity index (χ0v) is 16.2. The molecule has 26 heavy (non-hydrogen) atoms. The molecule has 0 atom stereocenters. The highest BCUT2D eigenvalue weighted by molar-refractivity contribution is 6.06. The van der Waals surface area contributed by atoms with E-state index in [0.29, 0.717) is 6.54 Å². The lowest BCUT2D eigenvalue weighted by molar-refractivity contribution is -0.169. The molecule has 0 aromatic heterocycles. The molecule has 1 aromatic rings. The van der Waals surface area contributed by atoms with Gasteiger partial charge in [0, 0.05) is 13.0 Å². The molecule has 0 spiro atoms. The Balaban J connectivity index is 2.60. The van der Waals surface area contributed by atoms with Crippen molar-refractivity contribution >= 4 is 18.0 Å². The number of carbonyl (C=O) groups is 2. The molecular weight excluding hydrogens is 330 g/mol. The van der Waals surface area contributed by atoms with Crippen molar-refractivity contribution in [1.82, 2.24) is 4.90 Å². The predicted molar refractivity (Wildman–Crippen MR) is 102 cm³/mol. The number of fused-ring (bicyclic) bond motifs is 1. The maximum Gasteiger partial charge on any atom is 0.328 e. The summed E-state index contributed by atoms with van der Waals surface area (Å²) in [6, 6.07) is 7.85. The highest BCUT2D eigenvalue weighted by atomic mass is 16.6. The van der Waals surface area contributed by atoms with Crippen molar-refractivity contribution in [2.45, 2.75) is 34.1 Å². The van der Waals surface area contributed by atoms with E-state index >= 15 is 0 Å². The Bertz CT molecular complexity index is 658. The van der Waals surface area contributed by atoms with Gasteiger partial charge in [-0.15, -0.1) is 0 Å². The highest BCUT2D eigenvalue weighted by Gasteiger charge is 2.53. The summed E-state index contributed by atoms with van der Waals surface area (Å²) >= 11 is 0. The van der Waals surface area contributed by atoms with Gasteiger partial charge in [0.1, 0.15) is 0 Å². The summed E-state index contributed by atoms with van der Waals surface area (Å²) in [5.41, 5.74) is 1.33. The summed E-state index contributed by atoms with van der Waals surface area (Å²) in [4.78, 5) is 28.3. The Morgan fingerprint density at radius 3 is 2.12 bits per heavy atom. The molecule has 1 aliphatic carbocycles. The van der Waals surface area contributed by atoms with Crippen LogP contribution >= 0.6 is 0 Å². The van der Waals surface area contributed by atoms with E-state index < -0.39 is 17.4 Å². The molecular formula is C21H29NO4. The van der Waals surface area contributed by atoms with Gasteiger partial charge in [0.15, 0.2) is 5.41 Å². The molecule has 0 fully saturated rings. The fourth-order valence-electron chi connectivity index (χ4n) is 3.41. The van der Waals surface area contributed by atoms with Crippen molar-refractivity contribution in [1.29, 1.82) is 0 Å². The van der Waals surface area contributed by atoms with Gasteiger partial charge in [0.05, 0.1) is 13.2 Å². The quantitative estimate of drug-likeness (QED) is 0.527. The van der Waals surface area contributed by atoms with Crippen LogP contribution in [-0.2, 0) is 25.5 Å². The monoisotopic (exact) mass is 359 g/mol. The largest absolute Gasteiger partial charge is 0.465 e. The first-order valence-corrected chi connectivity index (χ1v) is 9.39. The van der Waals surface area contributed by atoms with Crippen LogP contribution in [0.2, 0.25) is 0 Å². The van der Waals surface area contributed by atoms with Crippen molar-refractivity contribution in [3.8, 4) is 0 Å². The van der Waals surface area contributed by atoms with Gasteiger partial charge >= 0.3 is 11.9 Å². The second-order valence-electron chi connectivity index (χ2n) is 6.35. The topological polar surface area (TPSA) is 55.8 Å². The molecule has 2 rings (SSSR count). The minimum Gasteiger partial charge on any atom is -0.465 e. The number of likely N-dealkylation sites (N-methyl/N-ethyl adjacent to an activating group) is 1. The molecule has 0 saturated heterocycles. The van der Waals surface area contributed by atoms with Crippen LogP contribution in [-0.4, -0.2) is 49.7 Å². The van der Waals surface area contributed by atoms with Gasteiger partial charge in [-0.3, -0.25) is 14.5 Å². The SMILES string of the molecule is CCOC(=O)C1(C(=O)OCC)Cc2ccccc2C=C1CN(CC)CC. The highest BCUT2D eigenvalue weighted by Crippen LogP contribution is 2.41. The zero-order chi connectivity index (χ0) is 19.2. The number of hydrogen-bond acceptors (Lipinski definition) is 5. The van der Waals surface area contributed by atoms with Crippen LogP contribution in [0.4, 0.5) is 0 Å². The van der Waals surface area contributed by atoms with Gasteiger partial charge < -0.3 is 9.47 Å². The van der Waals surface area contributed by atoms with Crippen molar-refractivity contribution in [2.24, 2.45) is 5.41 Å². The Labute approximate surface area is 156 Å². The van der Waals surface area contributed by atoms with E-state index in [2.05, 4.69) is 18.7 Å². The lowest BCUT2D eigenvalue weighted by atomic mass is 9.70. The molecule has 0 aliphatic heterocycles. The lowest BCUT2D eigenvalue weighted by Gasteiger charge is -2.37. The molecule has 5 nitrogen and oxygen atoms in total. The summed E-state index contributed by atoms with van der Waals surface area (Å²) < 4.78 is 10.7. The lowest BCUT2D eigenvalue weighted by Crippen LogP contribution is -2.49. The van der Waals surface area contributed by atoms with E-state index in [9.17, 15) is 9.59 Å². The summed E-state index contributed by atoms with van der Waals surface area (Å²) in [6.45, 7) is 10.3. The molecule has 0 amide bonds. The average Bonchev–Trinajstić information content (AvgIpc) is 2.65. The number of ether oxygens (including phenoxy) is 2. The van der Waals surface area contributed by atoms with Gasteiger partial charge in [-0.25, -0.2) is 0 Å². The van der Waals surface area contributed by atoms with Crippen molar-refractivity contribution in [2.75, 3.05) is 32.8 Å². The molecule has 1 aliphatic rings. The standard InChI is InChI=1S/C21H29NO4/c1-5-22(6-2)15-18-13-16-11-9-10-12-17(16)14-21(18,19(23)25-7-3)20(24)26-8-4/h9-13H,5-8,14-15H2,1-4H3. The van der Waals surface area contributed by atoms with Crippen LogP contribution in [0, 0.1) is 5.41 Å². The summed E-state index contributed by atoms with van der Waals surface area (Å²) in [6.07, 6.45) is 2.24. The van der Waals surface area contributed by atoms with E-state index in [4.69, 9.17) is 9.47 Å². The van der Waals surface area contributed by atoms with Crippen molar-refractivity contribution in [3.05, 3.63) is 41.0 Å². The van der Waals surface area contributed by atoms with Crippen molar-refractivity contribution in [3.63, 3.8) is 0 Å². The van der Waals surface area contributed by atoms with E-state index in [-0.39, 0.29) is 19.6 Å². The van der Waals surface area contributed by atoms with Gasteiger partial charge in [-0.2, -0.15) is 0 Å². The summed E-state index contributed by atoms with van der Waals surface area (Å²) in [7, 11) is 0. The molecule has 1 aromatic carbocycles. The average molecular weight is 359 g/mol. The van der Waals surface area contributed by atoms with Crippen LogP contribution in [0.3, 0.4) is 0 Å². The smallest absolute Gasteiger partial charge is 0.328 e. The minimum absolute atomic E-state index is 0.222. The van der Waals surface area contributed by atoms with Crippen LogP contribution in [0.25, 0.3) is 6.08 Å². The predicted octanol–water partition coefficient (Wildman–Crippen LogP) is 3.08. The number of nitrogens with zero attached hydrogens (tertiary/aromatic N) is 1. The third-order valence-electron chi connectivity index (χ3n) is 4.92. The maximum atomic E-state index is 13.0. The number of rotatable bonds is 8. The number of esters is 2. The number of carbonyl (C=O) groups excluding carboxylic acids is 2. The van der Waals surface area contributed by atoms with Crippen molar-refractivity contribution < 1.29 is 19.1 Å². The fraction of sp³-hybridized carbons (Fsp3) is 0.524. The first-order chi connectivity index (χ1) is 12.5. The molecule has 0 heterocycles. The van der Waals surface area contributed by atoms with E-state index in [1.807, 2.05) is 30.3 Å². The van der Waals surface area contributed by atoms with E-state index in [1.165, 1.54) is 0 Å². The van der Waals surface area contributed by atoms with Crippen LogP contribution in [0.15, 0.2) is 29.8 Å². The van der Waals surface area contributed by atoms with Gasteiger partial charge in [0.2, 0.25) is 0 Å². The maximum absolute atomic E-state index is 13.0. The van der Waals surface area contributed by atoms with Crippen LogP contribution in [0.1, 0.15) is 38.8 Å². The van der Waals surface area contributed by atoms with E-state index in [1.54, 1.807) is 13.8 Å². The number of hydrogen-bond donors (Lipinski definition) is 0. The Kier molecular flexibility index (Phi) is 6.98. The number of benzene rings is 1. The Hall–Kier alpha value is -2.14. The molecule has 142 valence electrons. The Morgan fingerprint density at radius 2 is 1.58 bits per heavy atom. The van der Waals surface area contributed by atoms with Gasteiger partial charge in [-0.1, -0.05) is 44.2 Å². The fourth-order valence-corrected chi connectivity index (χ4v) is 3.41.